The summed E-state index contributed by atoms with van der Waals surface area (Å²) >= 11 is 13.7. The maximum absolute atomic E-state index is 5.62. The summed E-state index contributed by atoms with van der Waals surface area (Å²) in [5.74, 6) is 2.00. The molecule has 10 heavy (non-hydrogen) atoms. The molecule has 0 spiro atoms. The van der Waals surface area contributed by atoms with Gasteiger partial charge in [0.25, 0.3) is 0 Å². The lowest BCUT2D eigenvalue weighted by atomic mass is 11.0. The summed E-state index contributed by atoms with van der Waals surface area (Å²) in [6.45, 7) is 4.14. The highest BCUT2D eigenvalue weighted by atomic mass is 35.5. The summed E-state index contributed by atoms with van der Waals surface area (Å²) in [4.78, 5) is 0. The molecule has 0 bridgehead atoms. The van der Waals surface area contributed by atoms with Gasteiger partial charge in [-0.1, -0.05) is 25.4 Å². The Balaban J connectivity index is 3.61. The number of thiocarbonyl (C=S) groups is 1. The molecule has 0 saturated heterocycles. The zero-order valence-electron chi connectivity index (χ0n) is 5.96. The summed E-state index contributed by atoms with van der Waals surface area (Å²) in [5, 5.41) is 0. The molecule has 0 unspecified atom stereocenters. The van der Waals surface area contributed by atoms with Crippen LogP contribution in [0.1, 0.15) is 13.8 Å². The van der Waals surface area contributed by atoms with Crippen molar-refractivity contribution in [1.82, 2.24) is 3.71 Å². The number of hydrogen-bond acceptors (Lipinski definition) is 3. The van der Waals surface area contributed by atoms with E-state index in [1.54, 1.807) is 23.9 Å². The van der Waals surface area contributed by atoms with E-state index in [2.05, 4.69) is 13.8 Å². The second-order valence-electron chi connectivity index (χ2n) is 1.35. The van der Waals surface area contributed by atoms with Gasteiger partial charge < -0.3 is 0 Å². The molecule has 0 aromatic rings. The Morgan fingerprint density at radius 1 is 1.40 bits per heavy atom. The Bertz CT molecular complexity index is 103. The maximum Gasteiger partial charge on any atom is 0.190 e. The fourth-order valence-electron chi connectivity index (χ4n) is 0.373. The second kappa shape index (κ2) is 6.58. The first-order chi connectivity index (χ1) is 4.72. The van der Waals surface area contributed by atoms with Crippen LogP contribution in [-0.2, 0) is 0 Å². The van der Waals surface area contributed by atoms with Crippen molar-refractivity contribution in [3.05, 3.63) is 0 Å². The number of hydrogen-bond donors (Lipinski definition) is 0. The Morgan fingerprint density at radius 3 is 2.00 bits per heavy atom. The molecular formula is C5H10ClNS3. The van der Waals surface area contributed by atoms with Crippen LogP contribution in [0.2, 0.25) is 0 Å². The van der Waals surface area contributed by atoms with Crippen LogP contribution < -0.4 is 0 Å². The molecule has 0 fully saturated rings. The first kappa shape index (κ1) is 10.9. The van der Waals surface area contributed by atoms with Crippen molar-refractivity contribution in [3.63, 3.8) is 0 Å². The molecule has 0 aromatic heterocycles. The van der Waals surface area contributed by atoms with Crippen molar-refractivity contribution < 1.29 is 0 Å². The van der Waals surface area contributed by atoms with E-state index in [1.165, 1.54) is 0 Å². The molecule has 0 aliphatic carbocycles. The largest absolute Gasteiger partial charge is 0.238 e. The van der Waals surface area contributed by atoms with E-state index in [4.69, 9.17) is 23.8 Å². The Morgan fingerprint density at radius 2 is 1.80 bits per heavy atom. The molecule has 1 nitrogen and oxygen atoms in total. The fraction of sp³-hybridized carbons (Fsp3) is 0.800. The highest BCUT2D eigenvalue weighted by molar-refractivity contribution is 8.14. The minimum atomic E-state index is 0.429. The normalized spacial score (nSPS) is 9.50. The highest BCUT2D eigenvalue weighted by Gasteiger charge is 2.05. The lowest BCUT2D eigenvalue weighted by Crippen LogP contribution is -2.09. The zero-order chi connectivity index (χ0) is 7.98. The van der Waals surface area contributed by atoms with Gasteiger partial charge in [-0.3, -0.25) is 0 Å². The van der Waals surface area contributed by atoms with Crippen LogP contribution in [0.15, 0.2) is 0 Å². The number of rotatable bonds is 4. The number of nitrogens with zero attached hydrogens (tertiary/aromatic N) is 1. The summed E-state index contributed by atoms with van der Waals surface area (Å²) in [6.07, 6.45) is 0. The van der Waals surface area contributed by atoms with Gasteiger partial charge in [0.1, 0.15) is 0 Å². The van der Waals surface area contributed by atoms with Crippen molar-refractivity contribution in [3.8, 4) is 0 Å². The van der Waals surface area contributed by atoms with Crippen LogP contribution in [0.25, 0.3) is 0 Å². The van der Waals surface area contributed by atoms with Crippen LogP contribution in [0.3, 0.4) is 0 Å². The van der Waals surface area contributed by atoms with E-state index in [1.807, 2.05) is 3.71 Å². The average molecular weight is 216 g/mol. The quantitative estimate of drug-likeness (QED) is 0.307. The predicted molar refractivity (Wildman–Crippen MR) is 56.6 cm³/mol. The summed E-state index contributed by atoms with van der Waals surface area (Å²) in [6, 6.07) is 0. The van der Waals surface area contributed by atoms with Gasteiger partial charge >= 0.3 is 0 Å². The number of halogens is 1. The van der Waals surface area contributed by atoms with Gasteiger partial charge in [0.2, 0.25) is 0 Å². The fourth-order valence-corrected chi connectivity index (χ4v) is 2.58. The molecule has 60 valence electrons. The summed E-state index contributed by atoms with van der Waals surface area (Å²) in [7, 11) is 0. The van der Waals surface area contributed by atoms with Crippen molar-refractivity contribution in [2.24, 2.45) is 0 Å². The first-order valence-corrected chi connectivity index (χ1v) is 5.64. The van der Waals surface area contributed by atoms with Crippen molar-refractivity contribution in [2.75, 3.05) is 11.5 Å². The molecule has 5 heteroatoms. The molecule has 0 atom stereocenters. The summed E-state index contributed by atoms with van der Waals surface area (Å²) < 4.78 is 2.29. The third-order valence-electron chi connectivity index (χ3n) is 0.636. The monoisotopic (exact) mass is 215 g/mol. The molecule has 0 amide bonds. The van der Waals surface area contributed by atoms with E-state index in [0.29, 0.717) is 4.45 Å². The van der Waals surface area contributed by atoms with Crippen LogP contribution >= 0.6 is 47.7 Å². The predicted octanol–water partition coefficient (Wildman–Crippen LogP) is 3.15. The second-order valence-corrected chi connectivity index (χ2v) is 4.95. The van der Waals surface area contributed by atoms with Gasteiger partial charge in [-0.2, -0.15) is 0 Å². The van der Waals surface area contributed by atoms with Gasteiger partial charge in [-0.15, -0.1) is 0 Å². The summed E-state index contributed by atoms with van der Waals surface area (Å²) in [5.41, 5.74) is 0. The van der Waals surface area contributed by atoms with E-state index in [0.717, 1.165) is 11.5 Å². The minimum absolute atomic E-state index is 0.429. The van der Waals surface area contributed by atoms with E-state index in [9.17, 15) is 0 Å². The van der Waals surface area contributed by atoms with Gasteiger partial charge in [-0.25, -0.2) is 3.71 Å². The van der Waals surface area contributed by atoms with Gasteiger partial charge in [0.05, 0.1) is 0 Å². The topological polar surface area (TPSA) is 3.24 Å². The van der Waals surface area contributed by atoms with E-state index >= 15 is 0 Å². The Hall–Kier alpha value is 0.880. The minimum Gasteiger partial charge on any atom is -0.238 e. The third-order valence-corrected chi connectivity index (χ3v) is 3.40. The van der Waals surface area contributed by atoms with Crippen molar-refractivity contribution >= 4 is 52.2 Å². The van der Waals surface area contributed by atoms with Crippen LogP contribution in [0.5, 0.6) is 0 Å². The van der Waals surface area contributed by atoms with E-state index in [-0.39, 0.29) is 0 Å². The smallest absolute Gasteiger partial charge is 0.190 e. The van der Waals surface area contributed by atoms with Crippen LogP contribution in [0.4, 0.5) is 0 Å². The molecule has 0 aliphatic rings. The van der Waals surface area contributed by atoms with Gasteiger partial charge in [0, 0.05) is 11.5 Å². The molecule has 0 aromatic carbocycles. The molecule has 0 N–H and O–H groups in total. The molecule has 0 heterocycles. The zero-order valence-corrected chi connectivity index (χ0v) is 9.17. The van der Waals surface area contributed by atoms with Gasteiger partial charge in [-0.05, 0) is 36.1 Å². The van der Waals surface area contributed by atoms with Crippen LogP contribution in [0, 0.1) is 0 Å². The molecule has 0 saturated carbocycles. The van der Waals surface area contributed by atoms with E-state index < -0.39 is 0 Å². The lowest BCUT2D eigenvalue weighted by molar-refractivity contribution is 1.17. The van der Waals surface area contributed by atoms with Crippen LogP contribution in [-0.4, -0.2) is 19.7 Å². The Labute approximate surface area is 81.1 Å². The lowest BCUT2D eigenvalue weighted by Gasteiger charge is -2.16. The van der Waals surface area contributed by atoms with Gasteiger partial charge in [0.15, 0.2) is 4.45 Å². The maximum atomic E-state index is 5.62. The van der Waals surface area contributed by atoms with Crippen molar-refractivity contribution in [2.45, 2.75) is 13.8 Å². The first-order valence-electron chi connectivity index (χ1n) is 2.97. The molecule has 0 aliphatic heterocycles. The van der Waals surface area contributed by atoms with Crippen molar-refractivity contribution in [1.29, 1.82) is 0 Å². The molecule has 0 rings (SSSR count). The molecule has 0 radical (unpaired) electrons. The molecular weight excluding hydrogens is 206 g/mol. The standard InChI is InChI=1S/C5H10ClNS3/c1-3-9-7(5(6)8)10-4-2/h3-4H2,1-2H3. The SMILES string of the molecule is CCSN(SCC)C(=S)Cl. The highest BCUT2D eigenvalue weighted by Crippen LogP contribution is 2.23. The third kappa shape index (κ3) is 4.66. The average Bonchev–Trinajstić information content (AvgIpc) is 1.87. The Kier molecular flexibility index (Phi) is 7.16.